The van der Waals surface area contributed by atoms with Crippen LogP contribution in [0.2, 0.25) is 0 Å². The van der Waals surface area contributed by atoms with Crippen molar-refractivity contribution in [2.45, 2.75) is 0 Å². The molecular formula is C21H15N5O. The molecule has 5 rings (SSSR count). The number of H-pyrrole nitrogens is 2. The summed E-state index contributed by atoms with van der Waals surface area (Å²) in [6, 6.07) is 17.2. The smallest absolute Gasteiger partial charge is 0.276 e. The summed E-state index contributed by atoms with van der Waals surface area (Å²) in [6.07, 6.45) is 3.54. The van der Waals surface area contributed by atoms with Crippen LogP contribution in [0.3, 0.4) is 0 Å². The van der Waals surface area contributed by atoms with Crippen LogP contribution in [0.5, 0.6) is 0 Å². The topological polar surface area (TPSA) is 100 Å². The van der Waals surface area contributed by atoms with E-state index >= 15 is 0 Å². The maximum atomic E-state index is 12.5. The molecule has 3 aromatic heterocycles. The number of anilines is 1. The van der Waals surface area contributed by atoms with Crippen LogP contribution in [-0.4, -0.2) is 19.9 Å². The summed E-state index contributed by atoms with van der Waals surface area (Å²) in [5, 5.41) is 0.848. The van der Waals surface area contributed by atoms with Crippen LogP contribution in [0.1, 0.15) is 0 Å². The summed E-state index contributed by atoms with van der Waals surface area (Å²) in [7, 11) is 0. The van der Waals surface area contributed by atoms with E-state index in [1.165, 1.54) is 0 Å². The van der Waals surface area contributed by atoms with E-state index in [4.69, 9.17) is 5.73 Å². The molecule has 0 bridgehead atoms. The zero-order valence-corrected chi connectivity index (χ0v) is 14.2. The second-order valence-corrected chi connectivity index (χ2v) is 6.35. The van der Waals surface area contributed by atoms with Gasteiger partial charge in [-0.15, -0.1) is 0 Å². The highest BCUT2D eigenvalue weighted by atomic mass is 16.1. The van der Waals surface area contributed by atoms with E-state index in [1.54, 1.807) is 12.4 Å². The minimum Gasteiger partial charge on any atom is -0.396 e. The Morgan fingerprint density at radius 3 is 2.63 bits per heavy atom. The van der Waals surface area contributed by atoms with Crippen LogP contribution in [0.25, 0.3) is 44.5 Å². The number of aromatic nitrogens is 4. The molecule has 6 nitrogen and oxygen atoms in total. The van der Waals surface area contributed by atoms with Crippen molar-refractivity contribution in [3.05, 3.63) is 77.3 Å². The first kappa shape index (κ1) is 15.3. The number of benzene rings is 2. The number of rotatable bonds is 2. The van der Waals surface area contributed by atoms with Crippen molar-refractivity contribution >= 4 is 27.6 Å². The van der Waals surface area contributed by atoms with Crippen molar-refractivity contribution in [1.29, 1.82) is 0 Å². The maximum Gasteiger partial charge on any atom is 0.276 e. The van der Waals surface area contributed by atoms with Crippen molar-refractivity contribution in [3.8, 4) is 22.5 Å². The zero-order valence-electron chi connectivity index (χ0n) is 14.2. The Balaban J connectivity index is 1.72. The third kappa shape index (κ3) is 2.46. The molecule has 4 N–H and O–H groups in total. The van der Waals surface area contributed by atoms with Gasteiger partial charge in [-0.05, 0) is 35.9 Å². The van der Waals surface area contributed by atoms with Crippen LogP contribution in [0, 0.1) is 0 Å². The van der Waals surface area contributed by atoms with E-state index in [2.05, 4.69) is 19.9 Å². The molecule has 2 aromatic carbocycles. The number of nitrogens with zero attached hydrogens (tertiary/aromatic N) is 2. The van der Waals surface area contributed by atoms with Gasteiger partial charge in [0, 0.05) is 28.9 Å². The Kier molecular flexibility index (Phi) is 3.30. The third-order valence-corrected chi connectivity index (χ3v) is 4.67. The van der Waals surface area contributed by atoms with Crippen molar-refractivity contribution in [2.75, 3.05) is 5.73 Å². The number of hydrogen-bond acceptors (Lipinski definition) is 4. The Morgan fingerprint density at radius 2 is 1.78 bits per heavy atom. The fourth-order valence-corrected chi connectivity index (χ4v) is 3.31. The average Bonchev–Trinajstić information content (AvgIpc) is 3.04. The lowest BCUT2D eigenvalue weighted by molar-refractivity contribution is 1.20. The molecule has 27 heavy (non-hydrogen) atoms. The largest absolute Gasteiger partial charge is 0.396 e. The van der Waals surface area contributed by atoms with Gasteiger partial charge in [0.2, 0.25) is 0 Å². The molecule has 6 heteroatoms. The van der Waals surface area contributed by atoms with E-state index in [1.807, 2.05) is 54.6 Å². The second-order valence-electron chi connectivity index (χ2n) is 6.35. The molecule has 0 aliphatic heterocycles. The average molecular weight is 353 g/mol. The minimum atomic E-state index is -0.278. The first-order valence-electron chi connectivity index (χ1n) is 8.52. The Labute approximate surface area is 153 Å². The van der Waals surface area contributed by atoms with Gasteiger partial charge in [-0.3, -0.25) is 9.78 Å². The number of nitrogens with one attached hydrogen (secondary N) is 2. The summed E-state index contributed by atoms with van der Waals surface area (Å²) in [5.74, 6) is 0. The van der Waals surface area contributed by atoms with Gasteiger partial charge in [0.05, 0.1) is 22.4 Å². The number of aromatic amines is 2. The Bertz CT molecular complexity index is 1350. The van der Waals surface area contributed by atoms with Crippen LogP contribution in [0.15, 0.2) is 71.8 Å². The molecule has 0 aliphatic carbocycles. The number of nitrogen functional groups attached to an aromatic ring is 1. The molecule has 0 amide bonds. The Morgan fingerprint density at radius 1 is 0.889 bits per heavy atom. The number of hydrogen-bond donors (Lipinski definition) is 3. The predicted octanol–water partition coefficient (Wildman–Crippen LogP) is 3.72. The minimum absolute atomic E-state index is 0.278. The molecular weight excluding hydrogens is 338 g/mol. The lowest BCUT2D eigenvalue weighted by Gasteiger charge is -2.02. The molecule has 130 valence electrons. The molecule has 3 heterocycles. The molecule has 0 saturated carbocycles. The van der Waals surface area contributed by atoms with E-state index in [0.29, 0.717) is 22.4 Å². The van der Waals surface area contributed by atoms with Gasteiger partial charge in [-0.2, -0.15) is 0 Å². The number of fused-ring (bicyclic) bond motifs is 2. The standard InChI is InChI=1S/C21H15N5O/c22-18-14-10-12(13-4-3-9-23-11-13)7-8-15(14)24-19(18)20-21(27)26-17-6-2-1-5-16(17)25-20/h1-11,24H,22H2,(H,26,27). The predicted molar refractivity (Wildman–Crippen MR) is 107 cm³/mol. The number of nitrogens with two attached hydrogens (primary N) is 1. The van der Waals surface area contributed by atoms with Gasteiger partial charge in [-0.25, -0.2) is 4.98 Å². The normalized spacial score (nSPS) is 11.3. The van der Waals surface area contributed by atoms with Gasteiger partial charge >= 0.3 is 0 Å². The first-order chi connectivity index (χ1) is 13.2. The summed E-state index contributed by atoms with van der Waals surface area (Å²) in [6.45, 7) is 0. The summed E-state index contributed by atoms with van der Waals surface area (Å²) >= 11 is 0. The number of para-hydroxylation sites is 2. The first-order valence-corrected chi connectivity index (χ1v) is 8.52. The molecule has 0 aliphatic rings. The van der Waals surface area contributed by atoms with Crippen molar-refractivity contribution in [1.82, 2.24) is 19.9 Å². The second kappa shape index (κ2) is 5.81. The lowest BCUT2D eigenvalue weighted by Crippen LogP contribution is -2.12. The lowest BCUT2D eigenvalue weighted by atomic mass is 10.1. The molecule has 0 unspecified atom stereocenters. The van der Waals surface area contributed by atoms with Gasteiger partial charge < -0.3 is 15.7 Å². The van der Waals surface area contributed by atoms with E-state index < -0.39 is 0 Å². The monoisotopic (exact) mass is 353 g/mol. The highest BCUT2D eigenvalue weighted by Gasteiger charge is 2.16. The molecule has 0 radical (unpaired) electrons. The van der Waals surface area contributed by atoms with Crippen LogP contribution in [0.4, 0.5) is 5.69 Å². The van der Waals surface area contributed by atoms with Gasteiger partial charge in [0.1, 0.15) is 0 Å². The highest BCUT2D eigenvalue weighted by Crippen LogP contribution is 2.33. The molecule has 0 saturated heterocycles. The van der Waals surface area contributed by atoms with Gasteiger partial charge in [0.15, 0.2) is 5.69 Å². The maximum absolute atomic E-state index is 12.5. The number of pyridine rings is 1. The summed E-state index contributed by atoms with van der Waals surface area (Å²) < 4.78 is 0. The summed E-state index contributed by atoms with van der Waals surface area (Å²) in [4.78, 5) is 27.3. The van der Waals surface area contributed by atoms with Gasteiger partial charge in [0.25, 0.3) is 5.56 Å². The SMILES string of the molecule is Nc1c(-c2nc3ccccc3[nH]c2=O)[nH]c2ccc(-c3cccnc3)cc12. The van der Waals surface area contributed by atoms with Crippen molar-refractivity contribution < 1.29 is 0 Å². The van der Waals surface area contributed by atoms with E-state index in [0.717, 1.165) is 22.0 Å². The van der Waals surface area contributed by atoms with E-state index in [9.17, 15) is 4.79 Å². The fourth-order valence-electron chi connectivity index (χ4n) is 3.31. The fraction of sp³-hybridized carbons (Fsp3) is 0. The van der Waals surface area contributed by atoms with Crippen LogP contribution in [-0.2, 0) is 0 Å². The molecule has 5 aromatic rings. The molecule has 0 fully saturated rings. The Hall–Kier alpha value is -3.93. The van der Waals surface area contributed by atoms with Crippen LogP contribution >= 0.6 is 0 Å². The zero-order chi connectivity index (χ0) is 18.4. The highest BCUT2D eigenvalue weighted by molar-refractivity contribution is 6.01. The summed E-state index contributed by atoms with van der Waals surface area (Å²) in [5.41, 5.74) is 11.7. The quantitative estimate of drug-likeness (QED) is 0.450. The van der Waals surface area contributed by atoms with Crippen molar-refractivity contribution in [2.24, 2.45) is 0 Å². The third-order valence-electron chi connectivity index (χ3n) is 4.67. The van der Waals surface area contributed by atoms with Gasteiger partial charge in [-0.1, -0.05) is 24.3 Å². The van der Waals surface area contributed by atoms with Crippen molar-refractivity contribution in [3.63, 3.8) is 0 Å². The molecule has 0 atom stereocenters. The van der Waals surface area contributed by atoms with Crippen LogP contribution < -0.4 is 11.3 Å². The van der Waals surface area contributed by atoms with E-state index in [-0.39, 0.29) is 11.3 Å². The molecule has 0 spiro atoms.